The molecule has 0 bridgehead atoms. The number of benzene rings is 2. The summed E-state index contributed by atoms with van der Waals surface area (Å²) in [5, 5.41) is 2.79. The summed E-state index contributed by atoms with van der Waals surface area (Å²) in [7, 11) is 0. The van der Waals surface area contributed by atoms with E-state index >= 15 is 0 Å². The van der Waals surface area contributed by atoms with Crippen LogP contribution in [0.2, 0.25) is 0 Å². The maximum Gasteiger partial charge on any atom is 0.270 e. The summed E-state index contributed by atoms with van der Waals surface area (Å²) >= 11 is 0. The van der Waals surface area contributed by atoms with Crippen LogP contribution in [0.25, 0.3) is 0 Å². The minimum absolute atomic E-state index is 0.0107. The predicted molar refractivity (Wildman–Crippen MR) is 131 cm³/mol. The van der Waals surface area contributed by atoms with Crippen molar-refractivity contribution in [1.29, 1.82) is 0 Å². The molecule has 1 unspecified atom stereocenters. The Morgan fingerprint density at radius 2 is 1.94 bits per heavy atom. The molecule has 2 amide bonds. The number of carbonyl (C=O) groups excluding carboxylic acids is 3. The van der Waals surface area contributed by atoms with E-state index in [0.29, 0.717) is 23.4 Å². The van der Waals surface area contributed by atoms with Gasteiger partial charge in [0.25, 0.3) is 5.91 Å². The summed E-state index contributed by atoms with van der Waals surface area (Å²) in [6.45, 7) is 3.75. The van der Waals surface area contributed by atoms with E-state index in [1.165, 1.54) is 19.3 Å². The third-order valence-electron chi connectivity index (χ3n) is 6.39. The third-order valence-corrected chi connectivity index (χ3v) is 6.39. The lowest BCUT2D eigenvalue weighted by Gasteiger charge is -2.28. The molecule has 36 heavy (non-hydrogen) atoms. The fraction of sp³-hybridized carbons (Fsp3) is 0.296. The molecule has 0 aliphatic heterocycles. The van der Waals surface area contributed by atoms with Crippen molar-refractivity contribution in [2.24, 2.45) is 5.73 Å². The second kappa shape index (κ2) is 10.7. The minimum Gasteiger partial charge on any atom is -0.369 e. The van der Waals surface area contributed by atoms with E-state index in [4.69, 9.17) is 5.73 Å². The molecule has 1 atom stereocenters. The second-order valence-electron chi connectivity index (χ2n) is 9.06. The lowest BCUT2D eigenvalue weighted by Crippen LogP contribution is -2.36. The highest BCUT2D eigenvalue weighted by Gasteiger charge is 2.30. The van der Waals surface area contributed by atoms with Crippen molar-refractivity contribution in [1.82, 2.24) is 20.2 Å². The monoisotopic (exact) mass is 489 g/mol. The van der Waals surface area contributed by atoms with Crippen LogP contribution in [-0.2, 0) is 24.3 Å². The van der Waals surface area contributed by atoms with Gasteiger partial charge < -0.3 is 11.1 Å². The molecule has 1 aromatic heterocycles. The van der Waals surface area contributed by atoms with Gasteiger partial charge in [-0.05, 0) is 67.1 Å². The van der Waals surface area contributed by atoms with Gasteiger partial charge >= 0.3 is 0 Å². The van der Waals surface area contributed by atoms with Crippen molar-refractivity contribution in [3.63, 3.8) is 0 Å². The first-order chi connectivity index (χ1) is 17.2. The number of aryl methyl sites for hydroxylation is 2. The Balaban J connectivity index is 1.49. The number of nitrogens with two attached hydrogens (primary N) is 1. The van der Waals surface area contributed by atoms with Gasteiger partial charge in [-0.25, -0.2) is 14.4 Å². The van der Waals surface area contributed by atoms with E-state index in [0.717, 1.165) is 29.5 Å². The Bertz CT molecular complexity index is 1330. The molecule has 1 heterocycles. The van der Waals surface area contributed by atoms with Crippen molar-refractivity contribution in [3.05, 3.63) is 93.8 Å². The van der Waals surface area contributed by atoms with E-state index in [-0.39, 0.29) is 42.3 Å². The first kappa shape index (κ1) is 25.1. The van der Waals surface area contributed by atoms with Crippen LogP contribution in [0.3, 0.4) is 0 Å². The zero-order chi connectivity index (χ0) is 25.8. The number of fused-ring (bicyclic) bond motifs is 1. The van der Waals surface area contributed by atoms with E-state index in [2.05, 4.69) is 15.3 Å². The average molecular weight is 490 g/mol. The zero-order valence-corrected chi connectivity index (χ0v) is 20.3. The van der Waals surface area contributed by atoms with Gasteiger partial charge in [0.15, 0.2) is 5.78 Å². The zero-order valence-electron chi connectivity index (χ0n) is 20.3. The molecule has 9 heteroatoms. The summed E-state index contributed by atoms with van der Waals surface area (Å²) in [6, 6.07) is 11.8. The Morgan fingerprint density at radius 1 is 1.14 bits per heavy atom. The molecule has 186 valence electrons. The van der Waals surface area contributed by atoms with Crippen LogP contribution in [-0.4, -0.2) is 39.0 Å². The fourth-order valence-electron chi connectivity index (χ4n) is 4.58. The van der Waals surface area contributed by atoms with Crippen LogP contribution < -0.4 is 11.1 Å². The minimum atomic E-state index is -0.467. The highest BCUT2D eigenvalue weighted by atomic mass is 19.1. The smallest absolute Gasteiger partial charge is 0.270 e. The normalized spacial score (nSPS) is 14.5. The maximum atomic E-state index is 13.5. The van der Waals surface area contributed by atoms with Crippen molar-refractivity contribution in [2.75, 3.05) is 6.54 Å². The topological polar surface area (TPSA) is 118 Å². The number of amides is 2. The van der Waals surface area contributed by atoms with Gasteiger partial charge in [-0.3, -0.25) is 19.3 Å². The summed E-state index contributed by atoms with van der Waals surface area (Å²) in [6.07, 6.45) is 2.88. The van der Waals surface area contributed by atoms with E-state index in [1.807, 2.05) is 17.0 Å². The third kappa shape index (κ3) is 5.80. The molecule has 0 spiro atoms. The Hall–Kier alpha value is -3.98. The highest BCUT2D eigenvalue weighted by molar-refractivity contribution is 5.94. The Kier molecular flexibility index (Phi) is 7.49. The van der Waals surface area contributed by atoms with Crippen molar-refractivity contribution >= 4 is 17.6 Å². The summed E-state index contributed by atoms with van der Waals surface area (Å²) in [5.41, 5.74) is 10.4. The van der Waals surface area contributed by atoms with E-state index in [9.17, 15) is 18.8 Å². The van der Waals surface area contributed by atoms with Crippen LogP contribution >= 0.6 is 0 Å². The van der Waals surface area contributed by atoms with Gasteiger partial charge in [0.2, 0.25) is 5.91 Å². The number of nitrogens with one attached hydrogen (secondary N) is 1. The molecule has 2 aromatic carbocycles. The van der Waals surface area contributed by atoms with Gasteiger partial charge in [0.05, 0.1) is 12.2 Å². The Morgan fingerprint density at radius 3 is 2.67 bits per heavy atom. The van der Waals surface area contributed by atoms with Gasteiger partial charge in [0.1, 0.15) is 17.8 Å². The second-order valence-corrected chi connectivity index (χ2v) is 9.06. The van der Waals surface area contributed by atoms with Crippen molar-refractivity contribution in [3.8, 4) is 0 Å². The quantitative estimate of drug-likeness (QED) is 0.446. The maximum absolute atomic E-state index is 13.5. The number of Topliss-reactive ketones (excluding diaryl/α,β-unsaturated/α-hetero) is 1. The molecule has 3 N–H and O–H groups in total. The van der Waals surface area contributed by atoms with Crippen molar-refractivity contribution < 1.29 is 18.8 Å². The Labute approximate surface area is 208 Å². The molecule has 8 nitrogen and oxygen atoms in total. The van der Waals surface area contributed by atoms with Crippen LogP contribution in [0, 0.1) is 12.7 Å². The molecular formula is C27H28FN5O3. The first-order valence-electron chi connectivity index (χ1n) is 11.7. The van der Waals surface area contributed by atoms with Gasteiger partial charge in [-0.2, -0.15) is 0 Å². The SMILES string of the molecule is CC(=O)c1ccc2c(c1)CCC2N(CC(N)=O)Cc1cc(C(=O)NCc2ccc(F)c(C)c2)ncn1. The number of hydrogen-bond acceptors (Lipinski definition) is 6. The van der Waals surface area contributed by atoms with Crippen molar-refractivity contribution in [2.45, 2.75) is 45.8 Å². The number of rotatable bonds is 9. The fourth-order valence-corrected chi connectivity index (χ4v) is 4.58. The van der Waals surface area contributed by atoms with Gasteiger partial charge in [-0.1, -0.05) is 24.3 Å². The lowest BCUT2D eigenvalue weighted by atomic mass is 10.0. The van der Waals surface area contributed by atoms with Crippen LogP contribution in [0.15, 0.2) is 48.8 Å². The largest absolute Gasteiger partial charge is 0.369 e. The van der Waals surface area contributed by atoms with Gasteiger partial charge in [-0.15, -0.1) is 0 Å². The highest BCUT2D eigenvalue weighted by Crippen LogP contribution is 2.37. The van der Waals surface area contributed by atoms with E-state index in [1.54, 1.807) is 31.2 Å². The number of primary amides is 1. The molecule has 1 aliphatic carbocycles. The number of halogens is 1. The first-order valence-corrected chi connectivity index (χ1v) is 11.7. The van der Waals surface area contributed by atoms with E-state index < -0.39 is 5.91 Å². The molecule has 3 aromatic rings. The summed E-state index contributed by atoms with van der Waals surface area (Å²) in [5.74, 6) is -1.14. The molecular weight excluding hydrogens is 461 g/mol. The molecule has 0 radical (unpaired) electrons. The molecule has 0 saturated heterocycles. The molecule has 0 fully saturated rings. The predicted octanol–water partition coefficient (Wildman–Crippen LogP) is 3.03. The average Bonchev–Trinajstić information content (AvgIpc) is 3.27. The van der Waals surface area contributed by atoms with Crippen LogP contribution in [0.4, 0.5) is 4.39 Å². The summed E-state index contributed by atoms with van der Waals surface area (Å²) in [4.78, 5) is 46.7. The number of aromatic nitrogens is 2. The number of carbonyl (C=O) groups is 3. The molecule has 1 aliphatic rings. The number of hydrogen-bond donors (Lipinski definition) is 2. The van der Waals surface area contributed by atoms with Gasteiger partial charge in [0, 0.05) is 24.7 Å². The summed E-state index contributed by atoms with van der Waals surface area (Å²) < 4.78 is 13.5. The molecule has 0 saturated carbocycles. The van der Waals surface area contributed by atoms with Crippen LogP contribution in [0.1, 0.15) is 68.2 Å². The molecule has 4 rings (SSSR count). The van der Waals surface area contributed by atoms with Crippen LogP contribution in [0.5, 0.6) is 0 Å². The number of nitrogens with zero attached hydrogens (tertiary/aromatic N) is 3. The number of ketones is 1. The lowest BCUT2D eigenvalue weighted by molar-refractivity contribution is -0.119. The standard InChI is InChI=1S/C27H28FN5O3/c1-16-9-18(3-7-23(16)28)12-30-27(36)24-11-21(31-15-32-24)13-33(14-26(29)35)25-8-5-20-10-19(17(2)34)4-6-22(20)25/h3-4,6-7,9-11,15,25H,5,8,12-14H2,1-2H3,(H2,29,35)(H,30,36).